The van der Waals surface area contributed by atoms with Crippen molar-refractivity contribution in [2.45, 2.75) is 32.4 Å². The van der Waals surface area contributed by atoms with E-state index in [2.05, 4.69) is 58.3 Å². The fourth-order valence-corrected chi connectivity index (χ4v) is 2.88. The summed E-state index contributed by atoms with van der Waals surface area (Å²) >= 11 is 3.59. The Labute approximate surface area is 130 Å². The highest BCUT2D eigenvalue weighted by Gasteiger charge is 2.31. The quantitative estimate of drug-likeness (QED) is 0.734. The average molecular weight is 341 g/mol. The average Bonchev–Trinajstić information content (AvgIpc) is 3.28. The molecule has 1 aliphatic carbocycles. The lowest BCUT2D eigenvalue weighted by molar-refractivity contribution is 0.199. The topological polar surface area (TPSA) is 24.5 Å². The fourth-order valence-electron chi connectivity index (χ4n) is 2.53. The maximum Gasteiger partial charge on any atom is 0.0587 e. The van der Waals surface area contributed by atoms with E-state index in [1.165, 1.54) is 24.1 Å². The molecule has 2 rings (SSSR count). The number of hydrogen-bond donors (Lipinski definition) is 1. The molecule has 1 atom stereocenters. The number of ether oxygens (including phenoxy) is 1. The molecule has 20 heavy (non-hydrogen) atoms. The maximum absolute atomic E-state index is 5.07. The molecule has 0 saturated heterocycles. The summed E-state index contributed by atoms with van der Waals surface area (Å²) in [6.45, 7) is 4.85. The molecule has 0 aliphatic heterocycles. The van der Waals surface area contributed by atoms with Crippen LogP contribution in [0.25, 0.3) is 0 Å². The SMILES string of the molecule is COCCNCc1ccc(Br)cc1N(C)C(C)C1CC1. The van der Waals surface area contributed by atoms with Gasteiger partial charge in [0.2, 0.25) is 0 Å². The smallest absolute Gasteiger partial charge is 0.0587 e. The zero-order valence-electron chi connectivity index (χ0n) is 12.7. The maximum atomic E-state index is 5.07. The van der Waals surface area contributed by atoms with Crippen LogP contribution in [-0.4, -0.2) is 33.4 Å². The third kappa shape index (κ3) is 4.21. The second-order valence-electron chi connectivity index (χ2n) is 5.63. The van der Waals surface area contributed by atoms with Crippen molar-refractivity contribution in [1.29, 1.82) is 0 Å². The monoisotopic (exact) mass is 340 g/mol. The Balaban J connectivity index is 2.06. The molecule has 0 aromatic heterocycles. The highest BCUT2D eigenvalue weighted by atomic mass is 79.9. The van der Waals surface area contributed by atoms with Gasteiger partial charge in [0, 0.05) is 43.4 Å². The Bertz CT molecular complexity index is 434. The van der Waals surface area contributed by atoms with Crippen LogP contribution in [0.5, 0.6) is 0 Å². The van der Waals surface area contributed by atoms with Gasteiger partial charge in [-0.1, -0.05) is 22.0 Å². The van der Waals surface area contributed by atoms with Crippen LogP contribution in [0, 0.1) is 5.92 Å². The minimum atomic E-state index is 0.613. The summed E-state index contributed by atoms with van der Waals surface area (Å²) in [4.78, 5) is 2.43. The zero-order valence-corrected chi connectivity index (χ0v) is 14.2. The Morgan fingerprint density at radius 3 is 2.85 bits per heavy atom. The number of nitrogens with zero attached hydrogens (tertiary/aromatic N) is 1. The first kappa shape index (κ1) is 15.8. The molecule has 0 radical (unpaired) electrons. The number of hydrogen-bond acceptors (Lipinski definition) is 3. The molecule has 1 aliphatic rings. The lowest BCUT2D eigenvalue weighted by Gasteiger charge is -2.29. The summed E-state index contributed by atoms with van der Waals surface area (Å²) in [6, 6.07) is 7.16. The summed E-state index contributed by atoms with van der Waals surface area (Å²) in [6.07, 6.45) is 2.75. The van der Waals surface area contributed by atoms with Crippen molar-refractivity contribution in [3.8, 4) is 0 Å². The predicted octanol–water partition coefficient (Wildman–Crippen LogP) is 3.42. The third-order valence-electron chi connectivity index (χ3n) is 4.14. The van der Waals surface area contributed by atoms with E-state index in [4.69, 9.17) is 4.74 Å². The molecular weight excluding hydrogens is 316 g/mol. The van der Waals surface area contributed by atoms with Crippen molar-refractivity contribution >= 4 is 21.6 Å². The Morgan fingerprint density at radius 1 is 1.45 bits per heavy atom. The Kier molecular flexibility index (Phi) is 5.87. The molecule has 1 unspecified atom stereocenters. The minimum absolute atomic E-state index is 0.613. The fraction of sp³-hybridized carbons (Fsp3) is 0.625. The second-order valence-corrected chi connectivity index (χ2v) is 6.55. The first-order chi connectivity index (χ1) is 9.63. The van der Waals surface area contributed by atoms with Gasteiger partial charge in [-0.3, -0.25) is 0 Å². The molecule has 3 nitrogen and oxygen atoms in total. The van der Waals surface area contributed by atoms with Crippen LogP contribution in [0.4, 0.5) is 5.69 Å². The molecule has 1 aromatic carbocycles. The van der Waals surface area contributed by atoms with Crippen molar-refractivity contribution in [3.63, 3.8) is 0 Å². The van der Waals surface area contributed by atoms with Gasteiger partial charge >= 0.3 is 0 Å². The van der Waals surface area contributed by atoms with Gasteiger partial charge in [0.1, 0.15) is 0 Å². The summed E-state index contributed by atoms with van der Waals surface area (Å²) in [5.41, 5.74) is 2.67. The predicted molar refractivity (Wildman–Crippen MR) is 88.3 cm³/mol. The number of methoxy groups -OCH3 is 1. The van der Waals surface area contributed by atoms with E-state index in [1.54, 1.807) is 7.11 Å². The number of rotatable bonds is 8. The van der Waals surface area contributed by atoms with Gasteiger partial charge in [0.15, 0.2) is 0 Å². The number of halogens is 1. The van der Waals surface area contributed by atoms with Crippen LogP contribution < -0.4 is 10.2 Å². The minimum Gasteiger partial charge on any atom is -0.383 e. The van der Waals surface area contributed by atoms with Gasteiger partial charge in [-0.2, -0.15) is 0 Å². The third-order valence-corrected chi connectivity index (χ3v) is 4.63. The van der Waals surface area contributed by atoms with Crippen LogP contribution >= 0.6 is 15.9 Å². The van der Waals surface area contributed by atoms with Gasteiger partial charge in [0.25, 0.3) is 0 Å². The molecule has 1 aromatic rings. The summed E-state index contributed by atoms with van der Waals surface area (Å²) in [5, 5.41) is 3.43. The first-order valence-electron chi connectivity index (χ1n) is 7.34. The molecule has 1 fully saturated rings. The van der Waals surface area contributed by atoms with E-state index in [1.807, 2.05) is 0 Å². The zero-order chi connectivity index (χ0) is 14.5. The summed E-state index contributed by atoms with van der Waals surface area (Å²) in [5.74, 6) is 0.869. The lowest BCUT2D eigenvalue weighted by atomic mass is 10.1. The largest absolute Gasteiger partial charge is 0.383 e. The van der Waals surface area contributed by atoms with E-state index in [0.29, 0.717) is 6.04 Å². The molecule has 112 valence electrons. The summed E-state index contributed by atoms with van der Waals surface area (Å²) < 4.78 is 6.22. The van der Waals surface area contributed by atoms with E-state index in [9.17, 15) is 0 Å². The van der Waals surface area contributed by atoms with Crippen molar-refractivity contribution < 1.29 is 4.74 Å². The Hall–Kier alpha value is -0.580. The standard InChI is InChI=1S/C16H25BrN2O/c1-12(13-4-5-13)19(2)16-10-15(17)7-6-14(16)11-18-8-9-20-3/h6-7,10,12-13,18H,4-5,8-9,11H2,1-3H3. The normalized spacial score (nSPS) is 16.2. The van der Waals surface area contributed by atoms with Crippen molar-refractivity contribution in [2.75, 3.05) is 32.2 Å². The highest BCUT2D eigenvalue weighted by molar-refractivity contribution is 9.10. The van der Waals surface area contributed by atoms with Gasteiger partial charge < -0.3 is 15.0 Å². The van der Waals surface area contributed by atoms with Gasteiger partial charge in [-0.25, -0.2) is 0 Å². The van der Waals surface area contributed by atoms with Crippen LogP contribution in [0.1, 0.15) is 25.3 Å². The second kappa shape index (κ2) is 7.43. The van der Waals surface area contributed by atoms with Crippen LogP contribution in [0.2, 0.25) is 0 Å². The highest BCUT2D eigenvalue weighted by Crippen LogP contribution is 2.37. The van der Waals surface area contributed by atoms with Crippen LogP contribution in [-0.2, 0) is 11.3 Å². The van der Waals surface area contributed by atoms with E-state index < -0.39 is 0 Å². The van der Waals surface area contributed by atoms with E-state index in [0.717, 1.165) is 30.1 Å². The van der Waals surface area contributed by atoms with E-state index in [-0.39, 0.29) is 0 Å². The van der Waals surface area contributed by atoms with Crippen molar-refractivity contribution in [3.05, 3.63) is 28.2 Å². The van der Waals surface area contributed by atoms with Gasteiger partial charge in [-0.05, 0) is 43.4 Å². The molecule has 0 spiro atoms. The number of benzene rings is 1. The van der Waals surface area contributed by atoms with Crippen LogP contribution in [0.3, 0.4) is 0 Å². The Morgan fingerprint density at radius 2 is 2.20 bits per heavy atom. The van der Waals surface area contributed by atoms with Crippen molar-refractivity contribution in [2.24, 2.45) is 5.92 Å². The van der Waals surface area contributed by atoms with Gasteiger partial charge in [-0.15, -0.1) is 0 Å². The molecule has 1 N–H and O–H groups in total. The van der Waals surface area contributed by atoms with E-state index >= 15 is 0 Å². The molecule has 4 heteroatoms. The number of anilines is 1. The molecule has 1 saturated carbocycles. The number of nitrogens with one attached hydrogen (secondary N) is 1. The molecule has 0 amide bonds. The van der Waals surface area contributed by atoms with Crippen LogP contribution in [0.15, 0.2) is 22.7 Å². The van der Waals surface area contributed by atoms with Gasteiger partial charge in [0.05, 0.1) is 6.61 Å². The molecule has 0 bridgehead atoms. The summed E-state index contributed by atoms with van der Waals surface area (Å²) in [7, 11) is 3.95. The molecular formula is C16H25BrN2O. The van der Waals surface area contributed by atoms with Crippen molar-refractivity contribution in [1.82, 2.24) is 5.32 Å². The first-order valence-corrected chi connectivity index (χ1v) is 8.13. The lowest BCUT2D eigenvalue weighted by Crippen LogP contribution is -2.32. The molecule has 0 heterocycles.